The van der Waals surface area contributed by atoms with Crippen molar-refractivity contribution in [1.82, 2.24) is 0 Å². The second kappa shape index (κ2) is 6.98. The minimum Gasteiger partial charge on any atom is -0.488 e. The van der Waals surface area contributed by atoms with Gasteiger partial charge < -0.3 is 4.74 Å². The highest BCUT2D eigenvalue weighted by atomic mass is 79.9. The van der Waals surface area contributed by atoms with Gasteiger partial charge in [0.05, 0.1) is 0 Å². The van der Waals surface area contributed by atoms with Crippen molar-refractivity contribution in [2.75, 3.05) is 0 Å². The molecule has 0 unspecified atom stereocenters. The molecular formula is C14H10Br2Cl2O. The normalized spacial score (nSPS) is 10.5. The van der Waals surface area contributed by atoms with E-state index in [-0.39, 0.29) is 0 Å². The molecule has 2 aromatic rings. The van der Waals surface area contributed by atoms with Crippen molar-refractivity contribution >= 4 is 55.1 Å². The lowest BCUT2D eigenvalue weighted by molar-refractivity contribution is 0.304. The molecule has 2 rings (SSSR count). The number of hydrogen-bond donors (Lipinski definition) is 0. The van der Waals surface area contributed by atoms with Crippen molar-refractivity contribution in [3.05, 3.63) is 62.0 Å². The van der Waals surface area contributed by atoms with Gasteiger partial charge in [0.15, 0.2) is 0 Å². The molecule has 0 saturated carbocycles. The number of hydrogen-bond acceptors (Lipinski definition) is 1. The fourth-order valence-electron chi connectivity index (χ4n) is 1.61. The molecule has 0 atom stereocenters. The molecule has 0 saturated heterocycles. The molecule has 0 heterocycles. The first-order valence-corrected chi connectivity index (χ1v) is 8.19. The van der Waals surface area contributed by atoms with Gasteiger partial charge in [0.2, 0.25) is 0 Å². The average molecular weight is 425 g/mol. The highest BCUT2D eigenvalue weighted by molar-refractivity contribution is 9.10. The first-order chi connectivity index (χ1) is 9.11. The zero-order chi connectivity index (χ0) is 13.8. The molecular weight excluding hydrogens is 415 g/mol. The van der Waals surface area contributed by atoms with Crippen LogP contribution in [0.2, 0.25) is 10.0 Å². The summed E-state index contributed by atoms with van der Waals surface area (Å²) in [6, 6.07) is 11.3. The highest BCUT2D eigenvalue weighted by Gasteiger charge is 2.08. The van der Waals surface area contributed by atoms with E-state index < -0.39 is 0 Å². The molecule has 0 amide bonds. The van der Waals surface area contributed by atoms with Crippen LogP contribution in [0.3, 0.4) is 0 Å². The maximum Gasteiger partial charge on any atom is 0.123 e. The van der Waals surface area contributed by atoms with Gasteiger partial charge in [0, 0.05) is 31.0 Å². The van der Waals surface area contributed by atoms with E-state index in [0.717, 1.165) is 26.7 Å². The highest BCUT2D eigenvalue weighted by Crippen LogP contribution is 2.29. The summed E-state index contributed by atoms with van der Waals surface area (Å²) in [5.74, 6) is 0.816. The lowest BCUT2D eigenvalue weighted by Gasteiger charge is -2.12. The maximum atomic E-state index is 6.11. The fourth-order valence-corrected chi connectivity index (χ4v) is 2.97. The standard InChI is InChI=1S/C14H10Br2Cl2O/c15-7-9-6-10(16)4-5-14(9)19-8-11-12(17)2-1-3-13(11)18/h1-6H,7-8H2. The SMILES string of the molecule is Clc1cccc(Cl)c1COc1ccc(Br)cc1CBr. The van der Waals surface area contributed by atoms with Crippen LogP contribution < -0.4 is 4.74 Å². The molecule has 5 heteroatoms. The van der Waals surface area contributed by atoms with E-state index in [1.807, 2.05) is 24.3 Å². The third-order valence-corrected chi connectivity index (χ3v) is 4.41. The lowest BCUT2D eigenvalue weighted by atomic mass is 10.2. The van der Waals surface area contributed by atoms with Crippen molar-refractivity contribution in [2.24, 2.45) is 0 Å². The third-order valence-electron chi connectivity index (χ3n) is 2.60. The number of benzene rings is 2. The van der Waals surface area contributed by atoms with Crippen LogP contribution in [-0.4, -0.2) is 0 Å². The van der Waals surface area contributed by atoms with Gasteiger partial charge in [-0.2, -0.15) is 0 Å². The van der Waals surface area contributed by atoms with Crippen molar-refractivity contribution in [3.8, 4) is 5.75 Å². The molecule has 0 bridgehead atoms. The second-order valence-electron chi connectivity index (χ2n) is 3.87. The molecule has 0 aliphatic rings. The van der Waals surface area contributed by atoms with Gasteiger partial charge in [0.1, 0.15) is 12.4 Å². The molecule has 0 aliphatic heterocycles. The molecule has 1 nitrogen and oxygen atoms in total. The summed E-state index contributed by atoms with van der Waals surface area (Å²) >= 11 is 19.1. The van der Waals surface area contributed by atoms with E-state index in [4.69, 9.17) is 27.9 Å². The zero-order valence-corrected chi connectivity index (χ0v) is 14.5. The Kier molecular flexibility index (Phi) is 5.58. The summed E-state index contributed by atoms with van der Waals surface area (Å²) in [6.07, 6.45) is 0. The van der Waals surface area contributed by atoms with Gasteiger partial charge in [0.25, 0.3) is 0 Å². The lowest BCUT2D eigenvalue weighted by Crippen LogP contribution is -1.99. The fraction of sp³-hybridized carbons (Fsp3) is 0.143. The van der Waals surface area contributed by atoms with Gasteiger partial charge in [-0.05, 0) is 30.3 Å². The minimum absolute atomic E-state index is 0.347. The first-order valence-electron chi connectivity index (χ1n) is 5.52. The van der Waals surface area contributed by atoms with Gasteiger partial charge in [-0.25, -0.2) is 0 Å². The van der Waals surface area contributed by atoms with Gasteiger partial charge >= 0.3 is 0 Å². The number of rotatable bonds is 4. The van der Waals surface area contributed by atoms with Crippen LogP contribution in [-0.2, 0) is 11.9 Å². The van der Waals surface area contributed by atoms with E-state index in [2.05, 4.69) is 31.9 Å². The molecule has 0 N–H and O–H groups in total. The monoisotopic (exact) mass is 422 g/mol. The van der Waals surface area contributed by atoms with Gasteiger partial charge in [-0.1, -0.05) is 61.1 Å². The zero-order valence-electron chi connectivity index (χ0n) is 9.80. The Morgan fingerprint density at radius 2 is 1.74 bits per heavy atom. The molecule has 19 heavy (non-hydrogen) atoms. The largest absolute Gasteiger partial charge is 0.488 e. The summed E-state index contributed by atoms with van der Waals surface area (Å²) in [7, 11) is 0. The maximum absolute atomic E-state index is 6.11. The smallest absolute Gasteiger partial charge is 0.123 e. The Morgan fingerprint density at radius 1 is 1.05 bits per heavy atom. The van der Waals surface area contributed by atoms with Crippen molar-refractivity contribution in [2.45, 2.75) is 11.9 Å². The van der Waals surface area contributed by atoms with E-state index >= 15 is 0 Å². The molecule has 0 radical (unpaired) electrons. The molecule has 0 spiro atoms. The number of alkyl halides is 1. The molecule has 0 aliphatic carbocycles. The predicted octanol–water partition coefficient (Wildman–Crippen LogP) is 6.23. The third kappa shape index (κ3) is 3.88. The van der Waals surface area contributed by atoms with E-state index in [9.17, 15) is 0 Å². The molecule has 2 aromatic carbocycles. The molecule has 0 aromatic heterocycles. The Morgan fingerprint density at radius 3 is 2.37 bits per heavy atom. The summed E-state index contributed by atoms with van der Waals surface area (Å²) in [5.41, 5.74) is 1.87. The van der Waals surface area contributed by atoms with E-state index in [1.165, 1.54) is 0 Å². The molecule has 100 valence electrons. The van der Waals surface area contributed by atoms with Crippen LogP contribution in [0.5, 0.6) is 5.75 Å². The second-order valence-corrected chi connectivity index (χ2v) is 6.17. The summed E-state index contributed by atoms with van der Waals surface area (Å²) in [5, 5.41) is 1.95. The van der Waals surface area contributed by atoms with Gasteiger partial charge in [-0.15, -0.1) is 0 Å². The van der Waals surface area contributed by atoms with Crippen LogP contribution >= 0.6 is 55.1 Å². The minimum atomic E-state index is 0.347. The Hall–Kier alpha value is -0.220. The number of halogens is 4. The van der Waals surface area contributed by atoms with Crippen molar-refractivity contribution in [3.63, 3.8) is 0 Å². The van der Waals surface area contributed by atoms with Crippen molar-refractivity contribution in [1.29, 1.82) is 0 Å². The van der Waals surface area contributed by atoms with Crippen LogP contribution in [0.4, 0.5) is 0 Å². The number of ether oxygens (including phenoxy) is 1. The quantitative estimate of drug-likeness (QED) is 0.528. The van der Waals surface area contributed by atoms with Gasteiger partial charge in [-0.3, -0.25) is 0 Å². The van der Waals surface area contributed by atoms with E-state index in [1.54, 1.807) is 12.1 Å². The van der Waals surface area contributed by atoms with Crippen LogP contribution in [0, 0.1) is 0 Å². The van der Waals surface area contributed by atoms with Crippen molar-refractivity contribution < 1.29 is 4.74 Å². The van der Waals surface area contributed by atoms with Crippen LogP contribution in [0.1, 0.15) is 11.1 Å². The predicted molar refractivity (Wildman–Crippen MR) is 87.6 cm³/mol. The Bertz CT molecular complexity index is 567. The average Bonchev–Trinajstić information content (AvgIpc) is 2.39. The Labute approximate surface area is 139 Å². The summed E-state index contributed by atoms with van der Waals surface area (Å²) in [6.45, 7) is 0.347. The topological polar surface area (TPSA) is 9.23 Å². The molecule has 0 fully saturated rings. The van der Waals surface area contributed by atoms with E-state index in [0.29, 0.717) is 16.7 Å². The van der Waals surface area contributed by atoms with Crippen LogP contribution in [0.25, 0.3) is 0 Å². The first kappa shape index (κ1) is 15.2. The summed E-state index contributed by atoms with van der Waals surface area (Å²) in [4.78, 5) is 0. The van der Waals surface area contributed by atoms with Crippen LogP contribution in [0.15, 0.2) is 40.9 Å². The summed E-state index contributed by atoms with van der Waals surface area (Å²) < 4.78 is 6.83. The Balaban J connectivity index is 2.19.